The second-order valence-electron chi connectivity index (χ2n) is 16.0. The van der Waals surface area contributed by atoms with Crippen LogP contribution in [0.5, 0.6) is 0 Å². The number of halogens is 4. The predicted octanol–water partition coefficient (Wildman–Crippen LogP) is 10.7. The molecule has 0 aliphatic heterocycles. The number of carbonyl (C=O) groups is 2. The Morgan fingerprint density at radius 2 is 1.31 bits per heavy atom. The number of nitrogens with one attached hydrogen (secondary N) is 1. The van der Waals surface area contributed by atoms with Crippen LogP contribution < -0.4 is 16.0 Å². The van der Waals surface area contributed by atoms with E-state index in [0.717, 1.165) is 15.7 Å². The zero-order valence-corrected chi connectivity index (χ0v) is 38.4. The number of ether oxygens (including phenoxy) is 1. The summed E-state index contributed by atoms with van der Waals surface area (Å²) in [7, 11) is 0. The fourth-order valence-electron chi connectivity index (χ4n) is 5.40. The molecular formula is C45H46Br2F2N10O3. The summed E-state index contributed by atoms with van der Waals surface area (Å²) in [5.41, 5.74) is 7.93. The number of benzene rings is 2. The molecule has 322 valence electrons. The Morgan fingerprint density at radius 1 is 0.710 bits per heavy atom. The molecule has 62 heavy (non-hydrogen) atoms. The zero-order valence-electron chi connectivity index (χ0n) is 35.2. The molecule has 0 fully saturated rings. The van der Waals surface area contributed by atoms with Crippen LogP contribution in [-0.2, 0) is 15.6 Å². The third-order valence-corrected chi connectivity index (χ3v) is 9.73. The van der Waals surface area contributed by atoms with E-state index in [4.69, 9.17) is 17.0 Å². The molecule has 2 aromatic carbocycles. The van der Waals surface area contributed by atoms with Gasteiger partial charge in [-0.15, -0.1) is 20.4 Å². The monoisotopic (exact) mass is 970 g/mol. The summed E-state index contributed by atoms with van der Waals surface area (Å²) in [5.74, 6) is -0.0578. The number of hydrogen-bond donors (Lipinski definition) is 2. The van der Waals surface area contributed by atoms with Crippen LogP contribution in [0.15, 0.2) is 119 Å². The van der Waals surface area contributed by atoms with Gasteiger partial charge in [0.2, 0.25) is 11.6 Å². The fraction of sp³-hybridized carbons (Fsp3) is 0.267. The lowest BCUT2D eigenvalue weighted by molar-refractivity contribution is 0.0571. The largest absolute Gasteiger partial charge is 0.443 e. The van der Waals surface area contributed by atoms with Crippen LogP contribution in [0.2, 0.25) is 0 Å². The number of primary amides is 1. The van der Waals surface area contributed by atoms with Crippen LogP contribution in [0.3, 0.4) is 0 Å². The Balaban J connectivity index is 0.000000227. The second-order valence-corrected chi connectivity index (χ2v) is 17.6. The number of hydrogen-bond acceptors (Lipinski definition) is 10. The van der Waals surface area contributed by atoms with Crippen molar-refractivity contribution in [1.82, 2.24) is 30.4 Å². The first-order chi connectivity index (χ1) is 29.2. The SMILES string of the molecule is CC(C)(C)OC(=O)N(CC(C)(C)c1ccc(F)cc1)c1ccc(Br)nn1.CC(C)(CNc1ccc(-c2ccc(C(N)=O)cn2)nn1)c1ccc(F)cc1.[C-]#[N+]c1ccc(Br)nc1. The van der Waals surface area contributed by atoms with E-state index in [0.29, 0.717) is 52.0 Å². The highest BCUT2D eigenvalue weighted by Gasteiger charge is 2.32. The number of nitrogens with zero attached hydrogens (tertiary/aromatic N) is 8. The van der Waals surface area contributed by atoms with Gasteiger partial charge in [0.15, 0.2) is 5.82 Å². The lowest BCUT2D eigenvalue weighted by atomic mass is 9.84. The molecule has 0 aliphatic carbocycles. The van der Waals surface area contributed by atoms with Crippen LogP contribution in [0, 0.1) is 18.2 Å². The first-order valence-electron chi connectivity index (χ1n) is 19.0. The van der Waals surface area contributed by atoms with Gasteiger partial charge >= 0.3 is 6.09 Å². The zero-order chi connectivity index (χ0) is 45.7. The summed E-state index contributed by atoms with van der Waals surface area (Å²) in [4.78, 5) is 36.5. The summed E-state index contributed by atoms with van der Waals surface area (Å²) in [6.07, 6.45) is 2.43. The van der Waals surface area contributed by atoms with Crippen LogP contribution in [-0.4, -0.2) is 61.1 Å². The van der Waals surface area contributed by atoms with Crippen molar-refractivity contribution in [2.24, 2.45) is 5.73 Å². The molecular weight excluding hydrogens is 926 g/mol. The highest BCUT2D eigenvalue weighted by Crippen LogP contribution is 2.29. The highest BCUT2D eigenvalue weighted by atomic mass is 79.9. The van der Waals surface area contributed by atoms with E-state index in [-0.39, 0.29) is 17.0 Å². The quantitative estimate of drug-likeness (QED) is 0.0996. The molecule has 0 saturated heterocycles. The van der Waals surface area contributed by atoms with Gasteiger partial charge in [-0.2, -0.15) is 0 Å². The van der Waals surface area contributed by atoms with Gasteiger partial charge in [-0.1, -0.05) is 58.0 Å². The summed E-state index contributed by atoms with van der Waals surface area (Å²) >= 11 is 6.40. The molecule has 0 radical (unpaired) electrons. The van der Waals surface area contributed by atoms with Crippen LogP contribution in [0.25, 0.3) is 16.2 Å². The van der Waals surface area contributed by atoms with Crippen LogP contribution in [0.1, 0.15) is 70.0 Å². The minimum Gasteiger partial charge on any atom is -0.443 e. The average Bonchev–Trinajstić information content (AvgIpc) is 3.23. The Kier molecular flexibility index (Phi) is 16.8. The molecule has 0 atom stereocenters. The minimum absolute atomic E-state index is 0.208. The summed E-state index contributed by atoms with van der Waals surface area (Å²) in [5, 5.41) is 19.6. The molecule has 4 aromatic heterocycles. The number of amides is 2. The third kappa shape index (κ3) is 15.0. The number of nitrogens with two attached hydrogens (primary N) is 1. The number of aromatic nitrogens is 6. The summed E-state index contributed by atoms with van der Waals surface area (Å²) in [6, 6.07) is 26.5. The maximum Gasteiger partial charge on any atom is 0.416 e. The van der Waals surface area contributed by atoms with E-state index >= 15 is 0 Å². The molecule has 4 heterocycles. The summed E-state index contributed by atoms with van der Waals surface area (Å²) < 4.78 is 33.2. The molecule has 17 heteroatoms. The van der Waals surface area contributed by atoms with Gasteiger partial charge in [-0.25, -0.2) is 18.4 Å². The number of rotatable bonds is 10. The molecule has 0 spiro atoms. The predicted molar refractivity (Wildman–Crippen MR) is 243 cm³/mol. The van der Waals surface area contributed by atoms with Gasteiger partial charge in [-0.05, 0) is 130 Å². The van der Waals surface area contributed by atoms with Crippen molar-refractivity contribution in [3.63, 3.8) is 0 Å². The van der Waals surface area contributed by atoms with Gasteiger partial charge in [0, 0.05) is 36.3 Å². The summed E-state index contributed by atoms with van der Waals surface area (Å²) in [6.45, 7) is 21.0. The van der Waals surface area contributed by atoms with E-state index < -0.39 is 23.0 Å². The number of anilines is 2. The number of carbonyl (C=O) groups excluding carboxylic acids is 2. The Labute approximate surface area is 376 Å². The van der Waals surface area contributed by atoms with Crippen molar-refractivity contribution in [2.75, 3.05) is 23.3 Å². The Hall–Kier alpha value is -6.25. The van der Waals surface area contributed by atoms with Crippen molar-refractivity contribution >= 4 is 61.2 Å². The van der Waals surface area contributed by atoms with Gasteiger partial charge in [0.05, 0.1) is 17.8 Å². The normalized spacial score (nSPS) is 11.1. The van der Waals surface area contributed by atoms with E-state index in [1.54, 1.807) is 87.5 Å². The van der Waals surface area contributed by atoms with Crippen molar-refractivity contribution in [3.05, 3.63) is 158 Å². The molecule has 0 aliphatic rings. The highest BCUT2D eigenvalue weighted by molar-refractivity contribution is 9.10. The smallest absolute Gasteiger partial charge is 0.416 e. The molecule has 3 N–H and O–H groups in total. The molecule has 2 amide bonds. The maximum atomic E-state index is 13.2. The van der Waals surface area contributed by atoms with Crippen molar-refractivity contribution in [3.8, 4) is 11.4 Å². The van der Waals surface area contributed by atoms with E-state index in [1.807, 2.05) is 19.9 Å². The molecule has 13 nitrogen and oxygen atoms in total. The topological polar surface area (TPSA) is 166 Å². The van der Waals surface area contributed by atoms with E-state index in [1.165, 1.54) is 41.6 Å². The maximum absolute atomic E-state index is 13.2. The first kappa shape index (κ1) is 48.4. The van der Waals surface area contributed by atoms with Crippen LogP contribution in [0.4, 0.5) is 30.9 Å². The van der Waals surface area contributed by atoms with Crippen molar-refractivity contribution in [1.29, 1.82) is 0 Å². The fourth-order valence-corrected chi connectivity index (χ4v) is 5.85. The standard InChI is InChI=1S/C20H20FN5O.C19H23BrFN3O2.C6H3BrN2/c1-20(2,14-4-6-15(21)7-5-14)12-24-18-10-9-17(25-26-18)16-8-3-13(11-23-16)19(22)27;1-18(2,3)26-17(25)24(16-11-10-15(20)22-23-16)12-19(4,5)13-6-8-14(21)9-7-13;1-8-5-2-3-6(7)9-4-5/h3-11H,12H2,1-2H3,(H2,22,27)(H,24,26);6-11H,12H2,1-5H3;2-4H. The second kappa shape index (κ2) is 21.5. The van der Waals surface area contributed by atoms with Crippen LogP contribution >= 0.6 is 31.9 Å². The van der Waals surface area contributed by atoms with E-state index in [2.05, 4.69) is 86.2 Å². The molecule has 6 aromatic rings. The lowest BCUT2D eigenvalue weighted by Crippen LogP contribution is -2.44. The van der Waals surface area contributed by atoms with E-state index in [9.17, 15) is 18.4 Å². The van der Waals surface area contributed by atoms with Crippen molar-refractivity contribution < 1.29 is 23.1 Å². The molecule has 0 unspecified atom stereocenters. The molecule has 0 saturated carbocycles. The molecule has 6 rings (SSSR count). The Bertz CT molecular complexity index is 2430. The Morgan fingerprint density at radius 3 is 1.77 bits per heavy atom. The average molecular weight is 973 g/mol. The lowest BCUT2D eigenvalue weighted by Gasteiger charge is -2.33. The van der Waals surface area contributed by atoms with Gasteiger partial charge < -0.3 is 15.8 Å². The third-order valence-electron chi connectivity index (χ3n) is 8.84. The molecule has 0 bridgehead atoms. The first-order valence-corrected chi connectivity index (χ1v) is 20.6. The van der Waals surface area contributed by atoms with Gasteiger partial charge in [0.1, 0.15) is 38.0 Å². The van der Waals surface area contributed by atoms with Gasteiger partial charge in [0.25, 0.3) is 0 Å². The van der Waals surface area contributed by atoms with Crippen molar-refractivity contribution in [2.45, 2.75) is 64.9 Å². The number of pyridine rings is 2. The van der Waals surface area contributed by atoms with Gasteiger partial charge in [-0.3, -0.25) is 19.7 Å². The minimum atomic E-state index is -0.641.